The van der Waals surface area contributed by atoms with E-state index in [0.717, 1.165) is 31.4 Å². The van der Waals surface area contributed by atoms with Crippen LogP contribution in [0.3, 0.4) is 0 Å². The zero-order chi connectivity index (χ0) is 11.4. The van der Waals surface area contributed by atoms with Crippen LogP contribution in [0.4, 0.5) is 5.69 Å². The van der Waals surface area contributed by atoms with Gasteiger partial charge in [-0.1, -0.05) is 12.8 Å². The SMILES string of the molecule is O=C(O)CC1(Nc2ccncc2)CCCC1. The van der Waals surface area contributed by atoms with Crippen molar-refractivity contribution in [2.24, 2.45) is 0 Å². The van der Waals surface area contributed by atoms with Gasteiger partial charge in [0.15, 0.2) is 0 Å². The molecule has 0 aliphatic heterocycles. The zero-order valence-electron chi connectivity index (χ0n) is 9.15. The zero-order valence-corrected chi connectivity index (χ0v) is 9.15. The molecule has 0 saturated heterocycles. The minimum Gasteiger partial charge on any atom is -0.481 e. The molecule has 1 fully saturated rings. The summed E-state index contributed by atoms with van der Waals surface area (Å²) < 4.78 is 0. The maximum absolute atomic E-state index is 10.9. The van der Waals surface area contributed by atoms with Crippen LogP contribution in [0.25, 0.3) is 0 Å². The quantitative estimate of drug-likeness (QED) is 0.817. The first kappa shape index (κ1) is 10.9. The van der Waals surface area contributed by atoms with Gasteiger partial charge in [0.05, 0.1) is 6.42 Å². The first-order chi connectivity index (χ1) is 7.70. The highest BCUT2D eigenvalue weighted by Gasteiger charge is 2.35. The minimum absolute atomic E-state index is 0.190. The molecule has 2 N–H and O–H groups in total. The van der Waals surface area contributed by atoms with Crippen molar-refractivity contribution in [3.63, 3.8) is 0 Å². The predicted molar refractivity (Wildman–Crippen MR) is 61.3 cm³/mol. The van der Waals surface area contributed by atoms with Crippen molar-refractivity contribution >= 4 is 11.7 Å². The van der Waals surface area contributed by atoms with E-state index >= 15 is 0 Å². The number of rotatable bonds is 4. The molecule has 1 aliphatic carbocycles. The van der Waals surface area contributed by atoms with E-state index in [0.29, 0.717) is 0 Å². The third-order valence-corrected chi connectivity index (χ3v) is 3.14. The van der Waals surface area contributed by atoms with E-state index in [1.165, 1.54) is 0 Å². The number of aliphatic carboxylic acids is 1. The number of nitrogens with one attached hydrogen (secondary N) is 1. The molecule has 86 valence electrons. The number of carboxylic acids is 1. The van der Waals surface area contributed by atoms with Gasteiger partial charge >= 0.3 is 5.97 Å². The van der Waals surface area contributed by atoms with Crippen LogP contribution in [0.15, 0.2) is 24.5 Å². The van der Waals surface area contributed by atoms with Gasteiger partial charge in [-0.05, 0) is 25.0 Å². The van der Waals surface area contributed by atoms with Gasteiger partial charge in [0.1, 0.15) is 0 Å². The first-order valence-electron chi connectivity index (χ1n) is 5.60. The molecule has 1 aromatic rings. The van der Waals surface area contributed by atoms with E-state index in [2.05, 4.69) is 10.3 Å². The second-order valence-electron chi connectivity index (χ2n) is 4.42. The van der Waals surface area contributed by atoms with Gasteiger partial charge in [-0.2, -0.15) is 0 Å². The Morgan fingerprint density at radius 2 is 2.00 bits per heavy atom. The molecule has 4 nitrogen and oxygen atoms in total. The number of hydrogen-bond acceptors (Lipinski definition) is 3. The Bertz CT molecular complexity index is 359. The highest BCUT2D eigenvalue weighted by Crippen LogP contribution is 2.35. The van der Waals surface area contributed by atoms with Crippen LogP contribution in [0, 0.1) is 0 Å². The number of anilines is 1. The molecule has 1 heterocycles. The van der Waals surface area contributed by atoms with E-state index in [1.54, 1.807) is 12.4 Å². The predicted octanol–water partition coefficient (Wildman–Crippen LogP) is 2.28. The number of carboxylic acid groups (broad SMARTS) is 1. The Hall–Kier alpha value is -1.58. The fourth-order valence-electron chi connectivity index (χ4n) is 2.43. The van der Waals surface area contributed by atoms with Gasteiger partial charge in [0, 0.05) is 23.6 Å². The van der Waals surface area contributed by atoms with Crippen LogP contribution < -0.4 is 5.32 Å². The van der Waals surface area contributed by atoms with Gasteiger partial charge in [0.25, 0.3) is 0 Å². The molecule has 0 spiro atoms. The summed E-state index contributed by atoms with van der Waals surface area (Å²) in [7, 11) is 0. The second kappa shape index (κ2) is 4.51. The molecule has 1 aromatic heterocycles. The van der Waals surface area contributed by atoms with E-state index in [-0.39, 0.29) is 12.0 Å². The lowest BCUT2D eigenvalue weighted by Gasteiger charge is -2.29. The van der Waals surface area contributed by atoms with Crippen LogP contribution in [0.5, 0.6) is 0 Å². The molecule has 0 radical (unpaired) electrons. The summed E-state index contributed by atoms with van der Waals surface area (Å²) in [5, 5.41) is 12.3. The largest absolute Gasteiger partial charge is 0.481 e. The molecule has 0 aromatic carbocycles. The Morgan fingerprint density at radius 3 is 2.56 bits per heavy atom. The number of carbonyl (C=O) groups is 1. The number of hydrogen-bond donors (Lipinski definition) is 2. The van der Waals surface area contributed by atoms with Crippen LogP contribution in [-0.4, -0.2) is 21.6 Å². The van der Waals surface area contributed by atoms with E-state index in [1.807, 2.05) is 12.1 Å². The third-order valence-electron chi connectivity index (χ3n) is 3.14. The molecular weight excluding hydrogens is 204 g/mol. The molecule has 4 heteroatoms. The number of pyridine rings is 1. The molecule has 2 rings (SSSR count). The molecule has 1 saturated carbocycles. The van der Waals surface area contributed by atoms with Crippen molar-refractivity contribution in [1.29, 1.82) is 0 Å². The summed E-state index contributed by atoms with van der Waals surface area (Å²) in [6, 6.07) is 3.75. The van der Waals surface area contributed by atoms with Crippen molar-refractivity contribution < 1.29 is 9.90 Å². The average molecular weight is 220 g/mol. The maximum atomic E-state index is 10.9. The standard InChI is InChI=1S/C12H16N2O2/c15-11(16)9-12(5-1-2-6-12)14-10-3-7-13-8-4-10/h3-4,7-8H,1-2,5-6,9H2,(H,13,14)(H,15,16). The molecule has 16 heavy (non-hydrogen) atoms. The molecule has 0 atom stereocenters. The van der Waals surface area contributed by atoms with Crippen molar-refractivity contribution in [2.75, 3.05) is 5.32 Å². The Morgan fingerprint density at radius 1 is 1.38 bits per heavy atom. The first-order valence-corrected chi connectivity index (χ1v) is 5.60. The molecule has 0 bridgehead atoms. The Balaban J connectivity index is 2.11. The van der Waals surface area contributed by atoms with Crippen molar-refractivity contribution in [1.82, 2.24) is 4.98 Å². The number of aromatic nitrogens is 1. The van der Waals surface area contributed by atoms with Crippen LogP contribution in [0.1, 0.15) is 32.1 Å². The molecule has 0 unspecified atom stereocenters. The Kier molecular flexibility index (Phi) is 3.08. The summed E-state index contributed by atoms with van der Waals surface area (Å²) in [6.07, 6.45) is 7.69. The van der Waals surface area contributed by atoms with Gasteiger partial charge < -0.3 is 10.4 Å². The molecule has 0 amide bonds. The lowest BCUT2D eigenvalue weighted by atomic mass is 9.93. The summed E-state index contributed by atoms with van der Waals surface area (Å²) in [5.41, 5.74) is 0.700. The summed E-state index contributed by atoms with van der Waals surface area (Å²) >= 11 is 0. The minimum atomic E-state index is -0.733. The van der Waals surface area contributed by atoms with E-state index in [4.69, 9.17) is 5.11 Å². The van der Waals surface area contributed by atoms with Crippen LogP contribution in [0.2, 0.25) is 0 Å². The summed E-state index contributed by atoms with van der Waals surface area (Å²) in [4.78, 5) is 14.8. The topological polar surface area (TPSA) is 62.2 Å². The van der Waals surface area contributed by atoms with Gasteiger partial charge in [-0.25, -0.2) is 0 Å². The van der Waals surface area contributed by atoms with E-state index < -0.39 is 5.97 Å². The van der Waals surface area contributed by atoms with E-state index in [9.17, 15) is 4.79 Å². The smallest absolute Gasteiger partial charge is 0.305 e. The van der Waals surface area contributed by atoms with Crippen LogP contribution in [-0.2, 0) is 4.79 Å². The van der Waals surface area contributed by atoms with Crippen molar-refractivity contribution in [2.45, 2.75) is 37.6 Å². The third kappa shape index (κ3) is 2.51. The molecule has 1 aliphatic rings. The fraction of sp³-hybridized carbons (Fsp3) is 0.500. The van der Waals surface area contributed by atoms with Gasteiger partial charge in [0.2, 0.25) is 0 Å². The second-order valence-corrected chi connectivity index (χ2v) is 4.42. The maximum Gasteiger partial charge on any atom is 0.305 e. The lowest BCUT2D eigenvalue weighted by Crippen LogP contribution is -2.37. The van der Waals surface area contributed by atoms with Gasteiger partial charge in [-0.15, -0.1) is 0 Å². The fourth-order valence-corrected chi connectivity index (χ4v) is 2.43. The summed E-state index contributed by atoms with van der Waals surface area (Å²) in [5.74, 6) is -0.733. The van der Waals surface area contributed by atoms with Crippen molar-refractivity contribution in [3.8, 4) is 0 Å². The average Bonchev–Trinajstić information content (AvgIpc) is 2.66. The molecular formula is C12H16N2O2. The van der Waals surface area contributed by atoms with Crippen molar-refractivity contribution in [3.05, 3.63) is 24.5 Å². The highest BCUT2D eigenvalue weighted by atomic mass is 16.4. The monoisotopic (exact) mass is 220 g/mol. The summed E-state index contributed by atoms with van der Waals surface area (Å²) in [6.45, 7) is 0. The normalized spacial score (nSPS) is 18.2. The Labute approximate surface area is 94.7 Å². The van der Waals surface area contributed by atoms with Crippen LogP contribution >= 0.6 is 0 Å². The van der Waals surface area contributed by atoms with Gasteiger partial charge in [-0.3, -0.25) is 9.78 Å². The highest BCUT2D eigenvalue weighted by molar-refractivity contribution is 5.69. The number of nitrogens with zero attached hydrogens (tertiary/aromatic N) is 1. The lowest BCUT2D eigenvalue weighted by molar-refractivity contribution is -0.138.